The van der Waals surface area contributed by atoms with E-state index in [1.807, 2.05) is 0 Å². The molecule has 19 heavy (non-hydrogen) atoms. The number of carbonyl (C=O) groups excluding carboxylic acids is 2. The SMILES string of the molecule is CCOC(=O)C(=O)CCc1ccc(Br)cc1[N+](=O)[O-]. The monoisotopic (exact) mass is 329 g/mol. The summed E-state index contributed by atoms with van der Waals surface area (Å²) in [6.45, 7) is 1.73. The van der Waals surface area contributed by atoms with Gasteiger partial charge >= 0.3 is 5.97 Å². The van der Waals surface area contributed by atoms with Gasteiger partial charge in [0.25, 0.3) is 5.69 Å². The summed E-state index contributed by atoms with van der Waals surface area (Å²) < 4.78 is 5.14. The van der Waals surface area contributed by atoms with Crippen molar-refractivity contribution in [2.75, 3.05) is 6.61 Å². The number of ketones is 1. The van der Waals surface area contributed by atoms with Crippen molar-refractivity contribution in [3.8, 4) is 0 Å². The van der Waals surface area contributed by atoms with Gasteiger partial charge < -0.3 is 4.74 Å². The van der Waals surface area contributed by atoms with Crippen LogP contribution in [-0.4, -0.2) is 23.3 Å². The molecule has 0 aliphatic carbocycles. The minimum Gasteiger partial charge on any atom is -0.460 e. The Balaban J connectivity index is 2.75. The lowest BCUT2D eigenvalue weighted by atomic mass is 10.1. The number of esters is 1. The van der Waals surface area contributed by atoms with Crippen LogP contribution in [0.4, 0.5) is 5.69 Å². The van der Waals surface area contributed by atoms with Crippen LogP contribution in [0.2, 0.25) is 0 Å². The second kappa shape index (κ2) is 6.98. The molecule has 102 valence electrons. The molecule has 0 saturated carbocycles. The van der Waals surface area contributed by atoms with Crippen LogP contribution in [0.3, 0.4) is 0 Å². The van der Waals surface area contributed by atoms with Crippen LogP contribution >= 0.6 is 15.9 Å². The normalized spacial score (nSPS) is 10.0. The average Bonchev–Trinajstić information content (AvgIpc) is 2.36. The molecule has 0 aromatic heterocycles. The molecule has 0 spiro atoms. The summed E-state index contributed by atoms with van der Waals surface area (Å²) in [5.41, 5.74) is 0.330. The largest absolute Gasteiger partial charge is 0.460 e. The first-order valence-corrected chi connectivity index (χ1v) is 6.37. The number of nitro groups is 1. The lowest BCUT2D eigenvalue weighted by Crippen LogP contribution is -2.17. The van der Waals surface area contributed by atoms with E-state index in [0.717, 1.165) is 0 Å². The summed E-state index contributed by atoms with van der Waals surface area (Å²) in [6, 6.07) is 4.57. The number of hydrogen-bond donors (Lipinski definition) is 0. The minimum atomic E-state index is -0.901. The van der Waals surface area contributed by atoms with Crippen LogP contribution in [-0.2, 0) is 20.7 Å². The number of nitro benzene ring substituents is 1. The predicted octanol–water partition coefficient (Wildman–Crippen LogP) is 2.42. The molecule has 0 aliphatic rings. The molecule has 0 saturated heterocycles. The van der Waals surface area contributed by atoms with E-state index in [2.05, 4.69) is 20.7 Å². The molecule has 1 aromatic rings. The molecule has 0 heterocycles. The molecular weight excluding hydrogens is 318 g/mol. The van der Waals surface area contributed by atoms with Gasteiger partial charge in [0, 0.05) is 22.5 Å². The molecule has 0 radical (unpaired) electrons. The van der Waals surface area contributed by atoms with Gasteiger partial charge in [-0.3, -0.25) is 14.9 Å². The molecular formula is C12H12BrNO5. The van der Waals surface area contributed by atoms with Gasteiger partial charge in [0.15, 0.2) is 0 Å². The second-order valence-corrected chi connectivity index (χ2v) is 4.59. The lowest BCUT2D eigenvalue weighted by molar-refractivity contribution is -0.385. The molecule has 7 heteroatoms. The molecule has 0 unspecified atom stereocenters. The van der Waals surface area contributed by atoms with Crippen molar-refractivity contribution in [3.63, 3.8) is 0 Å². The third kappa shape index (κ3) is 4.44. The Morgan fingerprint density at radius 2 is 2.11 bits per heavy atom. The fourth-order valence-corrected chi connectivity index (χ4v) is 1.83. The van der Waals surface area contributed by atoms with Gasteiger partial charge in [-0.2, -0.15) is 0 Å². The zero-order chi connectivity index (χ0) is 14.4. The van der Waals surface area contributed by atoms with E-state index in [9.17, 15) is 19.7 Å². The zero-order valence-corrected chi connectivity index (χ0v) is 11.8. The highest BCUT2D eigenvalue weighted by Crippen LogP contribution is 2.24. The molecule has 0 amide bonds. The topological polar surface area (TPSA) is 86.5 Å². The first-order chi connectivity index (χ1) is 8.95. The number of carbonyl (C=O) groups is 2. The number of rotatable bonds is 6. The summed E-state index contributed by atoms with van der Waals surface area (Å²) in [4.78, 5) is 32.9. The summed E-state index contributed by atoms with van der Waals surface area (Å²) in [5.74, 6) is -1.58. The van der Waals surface area contributed by atoms with E-state index in [1.54, 1.807) is 19.1 Å². The molecule has 0 N–H and O–H groups in total. The Bertz CT molecular complexity index is 515. The Morgan fingerprint density at radius 3 is 2.68 bits per heavy atom. The zero-order valence-electron chi connectivity index (χ0n) is 10.2. The van der Waals surface area contributed by atoms with Gasteiger partial charge in [-0.15, -0.1) is 0 Å². The maximum atomic E-state index is 11.4. The average molecular weight is 330 g/mol. The Hall–Kier alpha value is -1.76. The molecule has 0 fully saturated rings. The van der Waals surface area contributed by atoms with Crippen LogP contribution in [0, 0.1) is 10.1 Å². The van der Waals surface area contributed by atoms with E-state index < -0.39 is 16.7 Å². The number of ether oxygens (including phenoxy) is 1. The smallest absolute Gasteiger partial charge is 0.374 e. The maximum Gasteiger partial charge on any atom is 0.374 e. The Labute approximate surface area is 118 Å². The van der Waals surface area contributed by atoms with Crippen LogP contribution in [0.15, 0.2) is 22.7 Å². The fourth-order valence-electron chi connectivity index (χ4n) is 1.48. The van der Waals surface area contributed by atoms with E-state index in [-0.39, 0.29) is 25.1 Å². The highest BCUT2D eigenvalue weighted by atomic mass is 79.9. The fraction of sp³-hybridized carbons (Fsp3) is 0.333. The van der Waals surface area contributed by atoms with Crippen molar-refractivity contribution in [2.45, 2.75) is 19.8 Å². The third-order valence-corrected chi connectivity index (χ3v) is 2.86. The van der Waals surface area contributed by atoms with Crippen LogP contribution < -0.4 is 0 Å². The summed E-state index contributed by atoms with van der Waals surface area (Å²) in [5, 5.41) is 10.9. The van der Waals surface area contributed by atoms with Crippen LogP contribution in [0.1, 0.15) is 18.9 Å². The van der Waals surface area contributed by atoms with Gasteiger partial charge in [0.1, 0.15) is 0 Å². The molecule has 6 nitrogen and oxygen atoms in total. The van der Waals surface area contributed by atoms with Crippen molar-refractivity contribution in [2.24, 2.45) is 0 Å². The summed E-state index contributed by atoms with van der Waals surface area (Å²) in [6.07, 6.45) is 0.0164. The molecule has 1 rings (SSSR count). The number of halogens is 1. The Kier molecular flexibility index (Phi) is 5.62. The molecule has 0 aliphatic heterocycles. The van der Waals surface area contributed by atoms with E-state index >= 15 is 0 Å². The molecule has 0 bridgehead atoms. The quantitative estimate of drug-likeness (QED) is 0.346. The highest BCUT2D eigenvalue weighted by molar-refractivity contribution is 9.10. The molecule has 1 aromatic carbocycles. The lowest BCUT2D eigenvalue weighted by Gasteiger charge is -2.03. The van der Waals surface area contributed by atoms with Crippen molar-refractivity contribution < 1.29 is 19.2 Å². The number of nitrogens with zero attached hydrogens (tertiary/aromatic N) is 1. The predicted molar refractivity (Wildman–Crippen MR) is 70.8 cm³/mol. The maximum absolute atomic E-state index is 11.4. The number of aryl methyl sites for hydroxylation is 1. The number of Topliss-reactive ketones (excluding diaryl/α,β-unsaturated/α-hetero) is 1. The first kappa shape index (κ1) is 15.3. The van der Waals surface area contributed by atoms with Gasteiger partial charge in [0.05, 0.1) is 11.5 Å². The van der Waals surface area contributed by atoms with E-state index in [4.69, 9.17) is 0 Å². The van der Waals surface area contributed by atoms with Crippen molar-refractivity contribution >= 4 is 33.4 Å². The number of hydrogen-bond acceptors (Lipinski definition) is 5. The van der Waals surface area contributed by atoms with Gasteiger partial charge in [0.2, 0.25) is 5.78 Å². The standard InChI is InChI=1S/C12H12BrNO5/c1-2-19-12(16)11(15)6-4-8-3-5-9(13)7-10(8)14(17)18/h3,5,7H,2,4,6H2,1H3. The highest BCUT2D eigenvalue weighted by Gasteiger charge is 2.18. The summed E-state index contributed by atoms with van der Waals surface area (Å²) >= 11 is 3.14. The van der Waals surface area contributed by atoms with Crippen molar-refractivity contribution in [1.29, 1.82) is 0 Å². The van der Waals surface area contributed by atoms with Crippen molar-refractivity contribution in [3.05, 3.63) is 38.3 Å². The van der Waals surface area contributed by atoms with Gasteiger partial charge in [-0.05, 0) is 19.4 Å². The van der Waals surface area contributed by atoms with Crippen LogP contribution in [0.5, 0.6) is 0 Å². The first-order valence-electron chi connectivity index (χ1n) is 5.58. The van der Waals surface area contributed by atoms with E-state index in [1.165, 1.54) is 6.07 Å². The van der Waals surface area contributed by atoms with E-state index in [0.29, 0.717) is 10.0 Å². The third-order valence-electron chi connectivity index (χ3n) is 2.37. The Morgan fingerprint density at radius 1 is 1.42 bits per heavy atom. The van der Waals surface area contributed by atoms with Gasteiger partial charge in [-0.25, -0.2) is 4.79 Å². The minimum absolute atomic E-state index is 0.0777. The van der Waals surface area contributed by atoms with Gasteiger partial charge in [-0.1, -0.05) is 22.0 Å². The van der Waals surface area contributed by atoms with Crippen LogP contribution in [0.25, 0.3) is 0 Å². The van der Waals surface area contributed by atoms with Crippen molar-refractivity contribution in [1.82, 2.24) is 0 Å². The second-order valence-electron chi connectivity index (χ2n) is 3.67. The number of benzene rings is 1. The molecule has 0 atom stereocenters. The summed E-state index contributed by atoms with van der Waals surface area (Å²) in [7, 11) is 0.